The summed E-state index contributed by atoms with van der Waals surface area (Å²) in [5.41, 5.74) is 1.70. The molecule has 1 aliphatic rings. The smallest absolute Gasteiger partial charge is 0.406 e. The molecule has 0 saturated carbocycles. The number of benzene rings is 1. The van der Waals surface area contributed by atoms with Gasteiger partial charge in [-0.15, -0.1) is 13.2 Å². The van der Waals surface area contributed by atoms with Crippen LogP contribution in [0.3, 0.4) is 0 Å². The van der Waals surface area contributed by atoms with E-state index in [2.05, 4.69) is 10.1 Å². The van der Waals surface area contributed by atoms with Gasteiger partial charge in [0.1, 0.15) is 5.75 Å². The zero-order valence-electron chi connectivity index (χ0n) is 7.64. The third kappa shape index (κ3) is 2.43. The number of alkyl halides is 3. The van der Waals surface area contributed by atoms with Gasteiger partial charge < -0.3 is 10.1 Å². The molecule has 0 aliphatic carbocycles. The molecule has 0 atom stereocenters. The maximum absolute atomic E-state index is 11.9. The lowest BCUT2D eigenvalue weighted by atomic mass is 10.1. The molecule has 15 heavy (non-hydrogen) atoms. The van der Waals surface area contributed by atoms with Gasteiger partial charge in [-0.05, 0) is 35.5 Å². The molecule has 0 aromatic heterocycles. The van der Waals surface area contributed by atoms with E-state index < -0.39 is 6.36 Å². The van der Waals surface area contributed by atoms with Crippen LogP contribution in [0.2, 0.25) is 0 Å². The van der Waals surface area contributed by atoms with E-state index in [4.69, 9.17) is 0 Å². The van der Waals surface area contributed by atoms with Crippen LogP contribution in [0, 0.1) is 0 Å². The molecule has 1 aromatic rings. The van der Waals surface area contributed by atoms with Crippen molar-refractivity contribution in [2.75, 3.05) is 0 Å². The largest absolute Gasteiger partial charge is 0.573 e. The van der Waals surface area contributed by atoms with Crippen molar-refractivity contribution < 1.29 is 17.9 Å². The highest BCUT2D eigenvalue weighted by molar-refractivity contribution is 5.57. The molecule has 0 radical (unpaired) electrons. The highest BCUT2D eigenvalue weighted by atomic mass is 19.4. The average Bonchev–Trinajstić information content (AvgIpc) is 2.15. The summed E-state index contributed by atoms with van der Waals surface area (Å²) in [7, 11) is 0. The SMILES string of the molecule is FC(F)(F)Oc1ccc2c(c1)CNC=C2. The lowest BCUT2D eigenvalue weighted by molar-refractivity contribution is -0.274. The Balaban J connectivity index is 2.25. The normalized spacial score (nSPS) is 14.3. The minimum absolute atomic E-state index is 0.182. The molecule has 0 fully saturated rings. The fourth-order valence-corrected chi connectivity index (χ4v) is 1.41. The number of nitrogens with one attached hydrogen (secondary N) is 1. The van der Waals surface area contributed by atoms with Crippen LogP contribution >= 0.6 is 0 Å². The van der Waals surface area contributed by atoms with Crippen LogP contribution in [-0.2, 0) is 6.54 Å². The zero-order chi connectivity index (χ0) is 10.9. The van der Waals surface area contributed by atoms with E-state index >= 15 is 0 Å². The van der Waals surface area contributed by atoms with E-state index in [1.807, 2.05) is 0 Å². The molecule has 1 N–H and O–H groups in total. The van der Waals surface area contributed by atoms with Crippen LogP contribution in [0.25, 0.3) is 6.08 Å². The first-order chi connectivity index (χ1) is 7.04. The average molecular weight is 215 g/mol. The van der Waals surface area contributed by atoms with Gasteiger partial charge in [0.25, 0.3) is 0 Å². The van der Waals surface area contributed by atoms with E-state index in [1.54, 1.807) is 18.3 Å². The van der Waals surface area contributed by atoms with Gasteiger partial charge in [-0.2, -0.15) is 0 Å². The van der Waals surface area contributed by atoms with Crippen molar-refractivity contribution in [1.29, 1.82) is 0 Å². The molecular weight excluding hydrogens is 207 g/mol. The van der Waals surface area contributed by atoms with E-state index in [-0.39, 0.29) is 5.75 Å². The Hall–Kier alpha value is -1.65. The Morgan fingerprint density at radius 2 is 2.07 bits per heavy atom. The van der Waals surface area contributed by atoms with Crippen LogP contribution in [0.5, 0.6) is 5.75 Å². The molecule has 1 aliphatic heterocycles. The quantitative estimate of drug-likeness (QED) is 0.777. The lowest BCUT2D eigenvalue weighted by Crippen LogP contribution is -2.18. The first kappa shape index (κ1) is 9.89. The van der Waals surface area contributed by atoms with Gasteiger partial charge in [-0.3, -0.25) is 0 Å². The minimum atomic E-state index is -4.63. The number of halogens is 3. The standard InChI is InChI=1S/C10H8F3NO/c11-10(12,13)15-9-2-1-7-3-4-14-6-8(7)5-9/h1-5,14H,6H2. The van der Waals surface area contributed by atoms with Gasteiger partial charge in [-0.25, -0.2) is 0 Å². The molecule has 1 heterocycles. The molecule has 0 spiro atoms. The number of rotatable bonds is 1. The topological polar surface area (TPSA) is 21.3 Å². The highest BCUT2D eigenvalue weighted by Crippen LogP contribution is 2.26. The summed E-state index contributed by atoms with van der Waals surface area (Å²) in [6.07, 6.45) is -1.07. The zero-order valence-corrected chi connectivity index (χ0v) is 7.64. The minimum Gasteiger partial charge on any atom is -0.406 e. The van der Waals surface area contributed by atoms with Gasteiger partial charge in [-0.1, -0.05) is 6.07 Å². The molecular formula is C10H8F3NO. The Morgan fingerprint density at radius 1 is 1.27 bits per heavy atom. The summed E-state index contributed by atoms with van der Waals surface area (Å²) in [5, 5.41) is 2.91. The van der Waals surface area contributed by atoms with Crippen LogP contribution in [-0.4, -0.2) is 6.36 Å². The third-order valence-corrected chi connectivity index (χ3v) is 2.02. The predicted molar refractivity (Wildman–Crippen MR) is 49.0 cm³/mol. The summed E-state index contributed by atoms with van der Waals surface area (Å²) in [6.45, 7) is 0.515. The van der Waals surface area contributed by atoms with E-state index in [0.717, 1.165) is 11.1 Å². The van der Waals surface area contributed by atoms with Crippen molar-refractivity contribution in [3.05, 3.63) is 35.5 Å². The Morgan fingerprint density at radius 3 is 2.80 bits per heavy atom. The third-order valence-electron chi connectivity index (χ3n) is 2.02. The maximum atomic E-state index is 11.9. The first-order valence-corrected chi connectivity index (χ1v) is 4.33. The fraction of sp³-hybridized carbons (Fsp3) is 0.200. The molecule has 2 rings (SSSR count). The monoisotopic (exact) mass is 215 g/mol. The summed E-state index contributed by atoms with van der Waals surface area (Å²) in [6, 6.07) is 4.30. The van der Waals surface area contributed by atoms with Crippen molar-refractivity contribution in [2.45, 2.75) is 12.9 Å². The lowest BCUT2D eigenvalue weighted by Gasteiger charge is -2.14. The van der Waals surface area contributed by atoms with Crippen molar-refractivity contribution in [3.8, 4) is 5.75 Å². The van der Waals surface area contributed by atoms with E-state index in [1.165, 1.54) is 12.1 Å². The van der Waals surface area contributed by atoms with Crippen molar-refractivity contribution in [1.82, 2.24) is 5.32 Å². The fourth-order valence-electron chi connectivity index (χ4n) is 1.41. The van der Waals surface area contributed by atoms with Crippen molar-refractivity contribution in [2.24, 2.45) is 0 Å². The summed E-state index contributed by atoms with van der Waals surface area (Å²) >= 11 is 0. The van der Waals surface area contributed by atoms with Crippen LogP contribution in [0.4, 0.5) is 13.2 Å². The first-order valence-electron chi connectivity index (χ1n) is 4.33. The second kappa shape index (κ2) is 3.49. The van der Waals surface area contributed by atoms with Crippen LogP contribution in [0.15, 0.2) is 24.4 Å². The second-order valence-electron chi connectivity index (χ2n) is 3.12. The predicted octanol–water partition coefficient (Wildman–Crippen LogP) is 2.66. The van der Waals surface area contributed by atoms with Gasteiger partial charge in [0.15, 0.2) is 0 Å². The number of hydrogen-bond donors (Lipinski definition) is 1. The van der Waals surface area contributed by atoms with Crippen LogP contribution in [0.1, 0.15) is 11.1 Å². The van der Waals surface area contributed by atoms with Crippen molar-refractivity contribution >= 4 is 6.08 Å². The molecule has 80 valence electrons. The molecule has 0 bridgehead atoms. The number of fused-ring (bicyclic) bond motifs is 1. The molecule has 0 unspecified atom stereocenters. The highest BCUT2D eigenvalue weighted by Gasteiger charge is 2.31. The molecule has 2 nitrogen and oxygen atoms in total. The summed E-state index contributed by atoms with van der Waals surface area (Å²) in [4.78, 5) is 0. The number of hydrogen-bond acceptors (Lipinski definition) is 2. The summed E-state index contributed by atoms with van der Waals surface area (Å²) in [5.74, 6) is -0.182. The molecule has 1 aromatic carbocycles. The Kier molecular flexibility index (Phi) is 2.30. The molecule has 0 amide bonds. The van der Waals surface area contributed by atoms with Gasteiger partial charge in [0.2, 0.25) is 0 Å². The van der Waals surface area contributed by atoms with Crippen molar-refractivity contribution in [3.63, 3.8) is 0 Å². The van der Waals surface area contributed by atoms with E-state index in [9.17, 15) is 13.2 Å². The molecule has 0 saturated heterocycles. The Bertz CT molecular complexity index is 398. The van der Waals surface area contributed by atoms with Crippen LogP contribution < -0.4 is 10.1 Å². The van der Waals surface area contributed by atoms with Gasteiger partial charge >= 0.3 is 6.36 Å². The number of ether oxygens (including phenoxy) is 1. The molecule has 5 heteroatoms. The van der Waals surface area contributed by atoms with Gasteiger partial charge in [0.05, 0.1) is 0 Å². The maximum Gasteiger partial charge on any atom is 0.573 e. The van der Waals surface area contributed by atoms with Gasteiger partial charge in [0, 0.05) is 6.54 Å². The second-order valence-corrected chi connectivity index (χ2v) is 3.12. The van der Waals surface area contributed by atoms with E-state index in [0.29, 0.717) is 6.54 Å². The Labute approximate surface area is 84.4 Å². The summed E-state index contributed by atoms with van der Waals surface area (Å²) < 4.78 is 39.6.